The summed E-state index contributed by atoms with van der Waals surface area (Å²) in [5, 5.41) is 3.60. The second-order valence-corrected chi connectivity index (χ2v) is 6.78. The van der Waals surface area contributed by atoms with Gasteiger partial charge in [0.1, 0.15) is 0 Å². The topological polar surface area (TPSA) is 32.3 Å². The Hall–Kier alpha value is -0.570. The normalized spacial score (nSPS) is 26.6. The molecular formula is C17H34N2O. The minimum Gasteiger partial charge on any atom is -0.323 e. The van der Waals surface area contributed by atoms with Crippen LogP contribution in [0.25, 0.3) is 0 Å². The predicted octanol–water partition coefficient (Wildman–Crippen LogP) is 3.64. The van der Waals surface area contributed by atoms with Gasteiger partial charge >= 0.3 is 0 Å². The van der Waals surface area contributed by atoms with Crippen molar-refractivity contribution >= 4 is 5.91 Å². The Labute approximate surface area is 125 Å². The molecule has 0 bridgehead atoms. The van der Waals surface area contributed by atoms with Gasteiger partial charge in [-0.2, -0.15) is 0 Å². The second kappa shape index (κ2) is 7.44. The number of rotatable bonds is 7. The van der Waals surface area contributed by atoms with Gasteiger partial charge in [0.25, 0.3) is 0 Å². The molecule has 4 unspecified atom stereocenters. The van der Waals surface area contributed by atoms with Crippen LogP contribution >= 0.6 is 0 Å². The van der Waals surface area contributed by atoms with Crippen LogP contribution in [-0.4, -0.2) is 29.1 Å². The minimum absolute atomic E-state index is 0.00390. The largest absolute Gasteiger partial charge is 0.323 e. The molecule has 0 spiro atoms. The molecular weight excluding hydrogens is 248 g/mol. The van der Waals surface area contributed by atoms with Gasteiger partial charge in [-0.25, -0.2) is 0 Å². The molecule has 0 aliphatic carbocycles. The smallest absolute Gasteiger partial charge is 0.241 e. The highest BCUT2D eigenvalue weighted by Crippen LogP contribution is 2.29. The SMILES string of the molecule is CCC(C)C1NC(C(C)C)N(C(C)C(CC)CC)C1=O. The van der Waals surface area contributed by atoms with Crippen molar-refractivity contribution in [2.75, 3.05) is 0 Å². The Morgan fingerprint density at radius 3 is 2.00 bits per heavy atom. The molecule has 0 radical (unpaired) electrons. The first-order valence-electron chi connectivity index (χ1n) is 8.47. The van der Waals surface area contributed by atoms with Gasteiger partial charge < -0.3 is 4.90 Å². The molecule has 1 aliphatic rings. The number of nitrogens with one attached hydrogen (secondary N) is 1. The summed E-state index contributed by atoms with van der Waals surface area (Å²) in [4.78, 5) is 15.0. The van der Waals surface area contributed by atoms with Crippen molar-refractivity contribution < 1.29 is 4.79 Å². The van der Waals surface area contributed by atoms with Crippen LogP contribution in [0.5, 0.6) is 0 Å². The third-order valence-corrected chi connectivity index (χ3v) is 5.18. The molecule has 0 aromatic heterocycles. The van der Waals surface area contributed by atoms with E-state index in [-0.39, 0.29) is 12.2 Å². The number of hydrogen-bond donors (Lipinski definition) is 1. The number of carbonyl (C=O) groups is 1. The van der Waals surface area contributed by atoms with Gasteiger partial charge in [-0.3, -0.25) is 10.1 Å². The van der Waals surface area contributed by atoms with Crippen LogP contribution in [0.4, 0.5) is 0 Å². The zero-order valence-electron chi connectivity index (χ0n) is 14.4. The average molecular weight is 282 g/mol. The van der Waals surface area contributed by atoms with Crippen LogP contribution in [-0.2, 0) is 4.79 Å². The summed E-state index contributed by atoms with van der Waals surface area (Å²) in [5.74, 6) is 1.77. The Morgan fingerprint density at radius 1 is 1.05 bits per heavy atom. The summed E-state index contributed by atoms with van der Waals surface area (Å²) in [6.45, 7) is 15.4. The first kappa shape index (κ1) is 17.5. The zero-order chi connectivity index (χ0) is 15.4. The van der Waals surface area contributed by atoms with Crippen molar-refractivity contribution in [3.8, 4) is 0 Å². The molecule has 1 aliphatic heterocycles. The summed E-state index contributed by atoms with van der Waals surface area (Å²) in [7, 11) is 0. The van der Waals surface area contributed by atoms with Crippen molar-refractivity contribution in [3.63, 3.8) is 0 Å². The quantitative estimate of drug-likeness (QED) is 0.773. The van der Waals surface area contributed by atoms with Gasteiger partial charge in [0.15, 0.2) is 0 Å². The lowest BCUT2D eigenvalue weighted by atomic mass is 9.92. The van der Waals surface area contributed by atoms with Gasteiger partial charge in [-0.15, -0.1) is 0 Å². The number of nitrogens with zero attached hydrogens (tertiary/aromatic N) is 1. The van der Waals surface area contributed by atoms with E-state index < -0.39 is 0 Å². The predicted molar refractivity (Wildman–Crippen MR) is 85.4 cm³/mol. The molecule has 3 heteroatoms. The third kappa shape index (κ3) is 3.36. The van der Waals surface area contributed by atoms with Crippen LogP contribution in [0.2, 0.25) is 0 Å². The van der Waals surface area contributed by atoms with E-state index in [4.69, 9.17) is 0 Å². The maximum Gasteiger partial charge on any atom is 0.241 e. The fourth-order valence-corrected chi connectivity index (χ4v) is 3.44. The van der Waals surface area contributed by atoms with E-state index in [2.05, 4.69) is 58.7 Å². The molecule has 0 aromatic rings. The zero-order valence-corrected chi connectivity index (χ0v) is 14.4. The first-order valence-corrected chi connectivity index (χ1v) is 8.47. The number of hydrogen-bond acceptors (Lipinski definition) is 2. The van der Waals surface area contributed by atoms with Crippen molar-refractivity contribution in [3.05, 3.63) is 0 Å². The highest BCUT2D eigenvalue weighted by Gasteiger charge is 2.45. The molecule has 0 saturated carbocycles. The molecule has 3 nitrogen and oxygen atoms in total. The van der Waals surface area contributed by atoms with Crippen LogP contribution < -0.4 is 5.32 Å². The second-order valence-electron chi connectivity index (χ2n) is 6.78. The summed E-state index contributed by atoms with van der Waals surface area (Å²) in [5.41, 5.74) is 0. The van der Waals surface area contributed by atoms with E-state index in [0.29, 0.717) is 29.7 Å². The summed E-state index contributed by atoms with van der Waals surface area (Å²) in [6.07, 6.45) is 3.51. The number of amides is 1. The molecule has 1 rings (SSSR count). The van der Waals surface area contributed by atoms with E-state index >= 15 is 0 Å². The third-order valence-electron chi connectivity index (χ3n) is 5.18. The Kier molecular flexibility index (Phi) is 6.50. The monoisotopic (exact) mass is 282 g/mol. The Balaban J connectivity index is 2.98. The van der Waals surface area contributed by atoms with Crippen molar-refractivity contribution in [2.45, 2.75) is 86.0 Å². The fourth-order valence-electron chi connectivity index (χ4n) is 3.44. The van der Waals surface area contributed by atoms with Crippen LogP contribution in [0.3, 0.4) is 0 Å². The average Bonchev–Trinajstić information content (AvgIpc) is 2.77. The Morgan fingerprint density at radius 2 is 1.60 bits per heavy atom. The molecule has 20 heavy (non-hydrogen) atoms. The summed E-state index contributed by atoms with van der Waals surface area (Å²) >= 11 is 0. The van der Waals surface area contributed by atoms with Crippen molar-refractivity contribution in [1.82, 2.24) is 10.2 Å². The lowest BCUT2D eigenvalue weighted by Gasteiger charge is -2.36. The molecule has 118 valence electrons. The summed E-state index contributed by atoms with van der Waals surface area (Å²) < 4.78 is 0. The van der Waals surface area contributed by atoms with E-state index in [1.54, 1.807) is 0 Å². The lowest BCUT2D eigenvalue weighted by Crippen LogP contribution is -2.48. The Bertz CT molecular complexity index is 312. The lowest BCUT2D eigenvalue weighted by molar-refractivity contribution is -0.134. The van der Waals surface area contributed by atoms with Gasteiger partial charge in [0, 0.05) is 6.04 Å². The van der Waals surface area contributed by atoms with E-state index in [9.17, 15) is 4.79 Å². The summed E-state index contributed by atoms with van der Waals surface area (Å²) in [6, 6.07) is 0.329. The van der Waals surface area contributed by atoms with Crippen molar-refractivity contribution in [2.24, 2.45) is 17.8 Å². The van der Waals surface area contributed by atoms with Gasteiger partial charge in [0.2, 0.25) is 5.91 Å². The maximum absolute atomic E-state index is 12.9. The minimum atomic E-state index is 0.00390. The first-order chi connectivity index (χ1) is 9.38. The van der Waals surface area contributed by atoms with E-state index in [0.717, 1.165) is 19.3 Å². The fraction of sp³-hybridized carbons (Fsp3) is 0.941. The van der Waals surface area contributed by atoms with Gasteiger partial charge in [0.05, 0.1) is 12.2 Å². The molecule has 1 N–H and O–H groups in total. The molecule has 1 heterocycles. The van der Waals surface area contributed by atoms with E-state index in [1.807, 2.05) is 0 Å². The highest BCUT2D eigenvalue weighted by molar-refractivity contribution is 5.85. The van der Waals surface area contributed by atoms with Crippen LogP contribution in [0, 0.1) is 17.8 Å². The van der Waals surface area contributed by atoms with Crippen LogP contribution in [0.1, 0.15) is 67.7 Å². The molecule has 4 atom stereocenters. The van der Waals surface area contributed by atoms with Crippen LogP contribution in [0.15, 0.2) is 0 Å². The molecule has 1 fully saturated rings. The van der Waals surface area contributed by atoms with E-state index in [1.165, 1.54) is 0 Å². The van der Waals surface area contributed by atoms with Gasteiger partial charge in [-0.05, 0) is 24.7 Å². The van der Waals surface area contributed by atoms with Gasteiger partial charge in [-0.1, -0.05) is 60.8 Å². The number of carbonyl (C=O) groups excluding carboxylic acids is 1. The highest BCUT2D eigenvalue weighted by atomic mass is 16.2. The molecule has 0 aromatic carbocycles. The maximum atomic E-state index is 12.9. The standard InChI is InChI=1S/C17H34N2O/c1-8-12(6)15-17(20)19(16(18-15)11(4)5)13(7)14(9-2)10-3/h11-16,18H,8-10H2,1-7H3. The molecule has 1 saturated heterocycles. The molecule has 1 amide bonds. The van der Waals surface area contributed by atoms with Crippen molar-refractivity contribution in [1.29, 1.82) is 0 Å².